The summed E-state index contributed by atoms with van der Waals surface area (Å²) in [6.45, 7) is 5.97. The van der Waals surface area contributed by atoms with Crippen LogP contribution in [0.5, 0.6) is 0 Å². The molecule has 3 aromatic heterocycles. The normalized spacial score (nSPS) is 10.8. The van der Waals surface area contributed by atoms with E-state index in [9.17, 15) is 5.26 Å². The van der Waals surface area contributed by atoms with Crippen molar-refractivity contribution in [3.8, 4) is 28.7 Å². The molecule has 25 heavy (non-hydrogen) atoms. The maximum atomic E-state index is 9.59. The van der Waals surface area contributed by atoms with Gasteiger partial charge in [-0.1, -0.05) is 0 Å². The molecule has 0 amide bonds. The van der Waals surface area contributed by atoms with Gasteiger partial charge in [-0.05, 0) is 38.5 Å². The first-order chi connectivity index (χ1) is 12.0. The highest BCUT2D eigenvalue weighted by atomic mass is 16.3. The first-order valence-corrected chi connectivity index (χ1v) is 7.88. The van der Waals surface area contributed by atoms with Crippen LogP contribution in [0, 0.1) is 32.1 Å². The molecule has 0 unspecified atom stereocenters. The SMILES string of the molecule is Cc1ccc(-c2nc(N)c(C#N)c(-c3cn(CCO)nc3C)c2C)o1. The van der Waals surface area contributed by atoms with E-state index in [1.165, 1.54) is 0 Å². The predicted molar refractivity (Wildman–Crippen MR) is 93.6 cm³/mol. The number of pyridine rings is 1. The average Bonchev–Trinajstić information content (AvgIpc) is 3.15. The maximum Gasteiger partial charge on any atom is 0.153 e. The zero-order valence-corrected chi connectivity index (χ0v) is 14.4. The Morgan fingerprint density at radius 1 is 1.32 bits per heavy atom. The molecule has 3 heterocycles. The standard InChI is InChI=1S/C18H19N5O2/c1-10-4-5-15(25-10)17-11(2)16(13(8-19)18(20)21-17)14-9-23(6-7-24)22-12(14)3/h4-5,9,24H,6-7H2,1-3H3,(H2,20,21). The smallest absolute Gasteiger partial charge is 0.153 e. The molecule has 3 aromatic rings. The highest BCUT2D eigenvalue weighted by Crippen LogP contribution is 2.37. The number of nitrogen functional groups attached to an aromatic ring is 1. The van der Waals surface area contributed by atoms with Crippen molar-refractivity contribution < 1.29 is 9.52 Å². The van der Waals surface area contributed by atoms with Crippen LogP contribution in [0.3, 0.4) is 0 Å². The summed E-state index contributed by atoms with van der Waals surface area (Å²) in [7, 11) is 0. The Morgan fingerprint density at radius 2 is 2.08 bits per heavy atom. The van der Waals surface area contributed by atoms with Gasteiger partial charge in [0, 0.05) is 17.3 Å². The lowest BCUT2D eigenvalue weighted by molar-refractivity contribution is 0.269. The molecule has 0 aliphatic heterocycles. The number of furan rings is 1. The number of rotatable bonds is 4. The summed E-state index contributed by atoms with van der Waals surface area (Å²) in [6, 6.07) is 5.84. The Bertz CT molecular complexity index is 978. The number of aryl methyl sites for hydroxylation is 2. The fourth-order valence-electron chi connectivity index (χ4n) is 2.93. The molecule has 0 bridgehead atoms. The van der Waals surface area contributed by atoms with Crippen molar-refractivity contribution in [3.05, 3.63) is 40.9 Å². The molecule has 0 aromatic carbocycles. The third-order valence-electron chi connectivity index (χ3n) is 4.10. The number of hydrogen-bond donors (Lipinski definition) is 2. The van der Waals surface area contributed by atoms with Crippen molar-refractivity contribution in [3.63, 3.8) is 0 Å². The number of aromatic nitrogens is 3. The van der Waals surface area contributed by atoms with E-state index in [0.29, 0.717) is 29.1 Å². The molecule has 0 saturated heterocycles. The Morgan fingerprint density at radius 3 is 2.68 bits per heavy atom. The number of hydrogen-bond acceptors (Lipinski definition) is 6. The number of aliphatic hydroxyl groups is 1. The largest absolute Gasteiger partial charge is 0.460 e. The van der Waals surface area contributed by atoms with Crippen molar-refractivity contribution in [2.24, 2.45) is 0 Å². The molecule has 3 rings (SSSR count). The van der Waals surface area contributed by atoms with Crippen LogP contribution in [-0.2, 0) is 6.54 Å². The fourth-order valence-corrected chi connectivity index (χ4v) is 2.93. The van der Waals surface area contributed by atoms with Gasteiger partial charge in [0.05, 0.1) is 18.8 Å². The highest BCUT2D eigenvalue weighted by molar-refractivity contribution is 5.83. The highest BCUT2D eigenvalue weighted by Gasteiger charge is 2.22. The summed E-state index contributed by atoms with van der Waals surface area (Å²) in [5.41, 5.74) is 10.0. The summed E-state index contributed by atoms with van der Waals surface area (Å²) in [6.07, 6.45) is 1.81. The molecule has 7 nitrogen and oxygen atoms in total. The van der Waals surface area contributed by atoms with Gasteiger partial charge in [0.25, 0.3) is 0 Å². The first-order valence-electron chi connectivity index (χ1n) is 7.88. The average molecular weight is 337 g/mol. The number of nitrogens with two attached hydrogens (primary N) is 1. The van der Waals surface area contributed by atoms with Crippen molar-refractivity contribution in [1.82, 2.24) is 14.8 Å². The molecule has 3 N–H and O–H groups in total. The predicted octanol–water partition coefficient (Wildman–Crippen LogP) is 2.58. The monoisotopic (exact) mass is 337 g/mol. The van der Waals surface area contributed by atoms with Gasteiger partial charge in [-0.2, -0.15) is 10.4 Å². The summed E-state index contributed by atoms with van der Waals surface area (Å²) in [4.78, 5) is 4.38. The summed E-state index contributed by atoms with van der Waals surface area (Å²) in [5.74, 6) is 1.53. The van der Waals surface area contributed by atoms with E-state index >= 15 is 0 Å². The van der Waals surface area contributed by atoms with Crippen molar-refractivity contribution in [1.29, 1.82) is 5.26 Å². The Labute approximate surface area is 145 Å². The van der Waals surface area contributed by atoms with E-state index in [4.69, 9.17) is 15.3 Å². The molecule has 0 spiro atoms. The van der Waals surface area contributed by atoms with Gasteiger partial charge in [-0.15, -0.1) is 0 Å². The molecule has 0 atom stereocenters. The van der Waals surface area contributed by atoms with Gasteiger partial charge in [0.1, 0.15) is 28.9 Å². The Balaban J connectivity index is 2.28. The van der Waals surface area contributed by atoms with Crippen LogP contribution < -0.4 is 5.73 Å². The number of nitrogens with zero attached hydrogens (tertiary/aromatic N) is 4. The van der Waals surface area contributed by atoms with E-state index in [-0.39, 0.29) is 12.4 Å². The van der Waals surface area contributed by atoms with E-state index in [1.54, 1.807) is 4.68 Å². The van der Waals surface area contributed by atoms with Crippen LogP contribution in [0.25, 0.3) is 22.6 Å². The molecule has 0 aliphatic carbocycles. The summed E-state index contributed by atoms with van der Waals surface area (Å²) >= 11 is 0. The number of nitriles is 1. The van der Waals surface area contributed by atoms with E-state index < -0.39 is 0 Å². The molecule has 0 aliphatic rings. The molecular weight excluding hydrogens is 318 g/mol. The molecule has 0 radical (unpaired) electrons. The van der Waals surface area contributed by atoms with Crippen molar-refractivity contribution in [2.45, 2.75) is 27.3 Å². The van der Waals surface area contributed by atoms with Crippen molar-refractivity contribution in [2.75, 3.05) is 12.3 Å². The van der Waals surface area contributed by atoms with E-state index in [2.05, 4.69) is 16.2 Å². The minimum atomic E-state index is -0.0138. The lowest BCUT2D eigenvalue weighted by Crippen LogP contribution is -2.03. The van der Waals surface area contributed by atoms with Gasteiger partial charge < -0.3 is 15.3 Å². The van der Waals surface area contributed by atoms with Gasteiger partial charge in [-0.25, -0.2) is 4.98 Å². The molecule has 0 saturated carbocycles. The fraction of sp³-hybridized carbons (Fsp3) is 0.278. The second-order valence-electron chi connectivity index (χ2n) is 5.86. The minimum Gasteiger partial charge on any atom is -0.460 e. The zero-order chi connectivity index (χ0) is 18.1. The van der Waals surface area contributed by atoms with Crippen LogP contribution in [0.4, 0.5) is 5.82 Å². The van der Waals surface area contributed by atoms with E-state index in [1.807, 2.05) is 39.1 Å². The van der Waals surface area contributed by atoms with Gasteiger partial charge in [0.15, 0.2) is 5.76 Å². The number of anilines is 1. The quantitative estimate of drug-likeness (QED) is 0.756. The second-order valence-corrected chi connectivity index (χ2v) is 5.86. The molecule has 128 valence electrons. The third-order valence-corrected chi connectivity index (χ3v) is 4.10. The van der Waals surface area contributed by atoms with Gasteiger partial charge in [0.2, 0.25) is 0 Å². The topological polar surface area (TPSA) is 114 Å². The summed E-state index contributed by atoms with van der Waals surface area (Å²) in [5, 5.41) is 23.1. The minimum absolute atomic E-state index is 0.0138. The number of aliphatic hydroxyl groups excluding tert-OH is 1. The zero-order valence-electron chi connectivity index (χ0n) is 14.4. The first kappa shape index (κ1) is 16.7. The van der Waals surface area contributed by atoms with Crippen LogP contribution in [0.2, 0.25) is 0 Å². The Hall–Kier alpha value is -3.11. The Kier molecular flexibility index (Phi) is 4.30. The lowest BCUT2D eigenvalue weighted by atomic mass is 9.95. The van der Waals surface area contributed by atoms with Gasteiger partial charge >= 0.3 is 0 Å². The van der Waals surface area contributed by atoms with Crippen LogP contribution in [-0.4, -0.2) is 26.5 Å². The van der Waals surface area contributed by atoms with Gasteiger partial charge in [-0.3, -0.25) is 4.68 Å². The second kappa shape index (κ2) is 6.42. The summed E-state index contributed by atoms with van der Waals surface area (Å²) < 4.78 is 7.34. The van der Waals surface area contributed by atoms with E-state index in [0.717, 1.165) is 22.6 Å². The van der Waals surface area contributed by atoms with Crippen LogP contribution in [0.1, 0.15) is 22.6 Å². The maximum absolute atomic E-state index is 9.59. The molecular formula is C18H19N5O2. The third kappa shape index (κ3) is 2.88. The van der Waals surface area contributed by atoms with Crippen LogP contribution >= 0.6 is 0 Å². The molecule has 0 fully saturated rings. The lowest BCUT2D eigenvalue weighted by Gasteiger charge is -2.13. The van der Waals surface area contributed by atoms with Crippen molar-refractivity contribution >= 4 is 5.82 Å². The van der Waals surface area contributed by atoms with Crippen LogP contribution in [0.15, 0.2) is 22.7 Å². The molecule has 7 heteroatoms.